The van der Waals surface area contributed by atoms with E-state index in [0.717, 1.165) is 49.9 Å². The molecule has 0 fully saturated rings. The Kier molecular flexibility index (Phi) is 6.29. The van der Waals surface area contributed by atoms with Crippen molar-refractivity contribution in [2.24, 2.45) is 0 Å². The monoisotopic (exact) mass is 447 g/mol. The summed E-state index contributed by atoms with van der Waals surface area (Å²) in [6, 6.07) is 26.2. The maximum absolute atomic E-state index is 10.8. The van der Waals surface area contributed by atoms with Crippen LogP contribution in [-0.2, 0) is 6.54 Å². The van der Waals surface area contributed by atoms with Crippen molar-refractivity contribution in [1.82, 2.24) is 15.3 Å². The van der Waals surface area contributed by atoms with Crippen LogP contribution in [-0.4, -0.2) is 22.2 Å². The summed E-state index contributed by atoms with van der Waals surface area (Å²) in [5, 5.41) is 16.2. The summed E-state index contributed by atoms with van der Waals surface area (Å²) in [5.74, 6) is 0.819. The fraction of sp³-hybridized carbons (Fsp3) is 0.103. The zero-order chi connectivity index (χ0) is 23.3. The maximum atomic E-state index is 10.8. The summed E-state index contributed by atoms with van der Waals surface area (Å²) in [6.07, 6.45) is 6.33. The summed E-state index contributed by atoms with van der Waals surface area (Å²) in [5.41, 5.74) is 6.00. The van der Waals surface area contributed by atoms with Crippen molar-refractivity contribution < 1.29 is 9.84 Å². The van der Waals surface area contributed by atoms with Crippen LogP contribution in [0.1, 0.15) is 17.4 Å². The van der Waals surface area contributed by atoms with Gasteiger partial charge >= 0.3 is 0 Å². The number of aliphatic hydroxyl groups excluding tert-OH is 1. The van der Waals surface area contributed by atoms with E-state index in [0.29, 0.717) is 6.54 Å². The fourth-order valence-electron chi connectivity index (χ4n) is 4.17. The number of nitrogens with one attached hydrogen (secondary N) is 1. The number of ether oxygens (including phenoxy) is 1. The van der Waals surface area contributed by atoms with Crippen LogP contribution in [0.4, 0.5) is 0 Å². The molecule has 3 aromatic carbocycles. The molecule has 0 saturated heterocycles. The van der Waals surface area contributed by atoms with Crippen LogP contribution in [0, 0.1) is 0 Å². The first-order chi connectivity index (χ1) is 16.7. The number of methoxy groups -OCH3 is 1. The van der Waals surface area contributed by atoms with Crippen LogP contribution in [0.15, 0.2) is 104 Å². The lowest BCUT2D eigenvalue weighted by atomic mass is 9.96. The van der Waals surface area contributed by atoms with Gasteiger partial charge in [0.1, 0.15) is 12.0 Å². The predicted octanol–water partition coefficient (Wildman–Crippen LogP) is 5.75. The smallest absolute Gasteiger partial charge is 0.132 e. The highest BCUT2D eigenvalue weighted by Crippen LogP contribution is 2.32. The largest absolute Gasteiger partial charge is 0.497 e. The second-order valence-electron chi connectivity index (χ2n) is 8.08. The maximum Gasteiger partial charge on any atom is 0.132 e. The normalized spacial score (nSPS) is 11.9. The summed E-state index contributed by atoms with van der Waals surface area (Å²) >= 11 is 0. The molecule has 168 valence electrons. The minimum atomic E-state index is -0.846. The van der Waals surface area contributed by atoms with Crippen molar-refractivity contribution >= 4 is 10.8 Å². The van der Waals surface area contributed by atoms with E-state index in [9.17, 15) is 5.11 Å². The summed E-state index contributed by atoms with van der Waals surface area (Å²) < 4.78 is 5.40. The average Bonchev–Trinajstić information content (AvgIpc) is 2.92. The molecule has 0 bridgehead atoms. The van der Waals surface area contributed by atoms with E-state index >= 15 is 0 Å². The quantitative estimate of drug-likeness (QED) is 0.311. The van der Waals surface area contributed by atoms with Gasteiger partial charge in [-0.2, -0.15) is 0 Å². The highest BCUT2D eigenvalue weighted by Gasteiger charge is 2.12. The first-order valence-corrected chi connectivity index (χ1v) is 11.1. The Morgan fingerprint density at radius 1 is 0.794 bits per heavy atom. The van der Waals surface area contributed by atoms with Gasteiger partial charge in [-0.1, -0.05) is 54.6 Å². The molecule has 0 radical (unpaired) electrons. The van der Waals surface area contributed by atoms with E-state index in [1.54, 1.807) is 19.5 Å². The van der Waals surface area contributed by atoms with Gasteiger partial charge in [0.05, 0.1) is 7.11 Å². The highest BCUT2D eigenvalue weighted by atomic mass is 16.5. The van der Waals surface area contributed by atoms with E-state index in [4.69, 9.17) is 4.74 Å². The lowest BCUT2D eigenvalue weighted by Crippen LogP contribution is -2.20. The molecular formula is C29H25N3O2. The first-order valence-electron chi connectivity index (χ1n) is 11.1. The molecule has 0 amide bonds. The van der Waals surface area contributed by atoms with E-state index < -0.39 is 6.23 Å². The van der Waals surface area contributed by atoms with Crippen molar-refractivity contribution in [1.29, 1.82) is 0 Å². The Hall–Kier alpha value is -4.06. The Bertz CT molecular complexity index is 1420. The Labute approximate surface area is 198 Å². The fourth-order valence-corrected chi connectivity index (χ4v) is 4.17. The molecule has 0 aliphatic rings. The molecule has 5 aromatic rings. The predicted molar refractivity (Wildman–Crippen MR) is 135 cm³/mol. The van der Waals surface area contributed by atoms with Crippen LogP contribution in [0.3, 0.4) is 0 Å². The topological polar surface area (TPSA) is 67.3 Å². The third kappa shape index (κ3) is 4.53. The zero-order valence-electron chi connectivity index (χ0n) is 18.8. The first kappa shape index (κ1) is 21.8. The molecule has 5 heteroatoms. The molecule has 0 aliphatic carbocycles. The van der Waals surface area contributed by atoms with E-state index in [1.807, 2.05) is 73.1 Å². The number of benzene rings is 3. The van der Waals surface area contributed by atoms with E-state index in [2.05, 4.69) is 33.5 Å². The molecular weight excluding hydrogens is 422 g/mol. The van der Waals surface area contributed by atoms with Gasteiger partial charge in [-0.15, -0.1) is 0 Å². The molecule has 2 aromatic heterocycles. The third-order valence-corrected chi connectivity index (χ3v) is 5.96. The molecule has 5 rings (SSSR count). The molecule has 2 N–H and O–H groups in total. The lowest BCUT2D eigenvalue weighted by Gasteiger charge is -2.16. The molecule has 34 heavy (non-hydrogen) atoms. The number of fused-ring (bicyclic) bond motifs is 1. The van der Waals surface area contributed by atoms with Gasteiger partial charge in [-0.25, -0.2) is 0 Å². The van der Waals surface area contributed by atoms with Crippen molar-refractivity contribution in [2.75, 3.05) is 7.11 Å². The SMILES string of the molecule is COc1cccc(-c2ccc(CNC(O)c3cncc(-c4ccccc4)c3)c3cnccc23)c1. The van der Waals surface area contributed by atoms with Gasteiger partial charge in [-0.3, -0.25) is 15.3 Å². The van der Waals surface area contributed by atoms with E-state index in [-0.39, 0.29) is 0 Å². The Morgan fingerprint density at radius 2 is 1.65 bits per heavy atom. The van der Waals surface area contributed by atoms with Gasteiger partial charge < -0.3 is 9.84 Å². The van der Waals surface area contributed by atoms with Crippen molar-refractivity contribution in [3.63, 3.8) is 0 Å². The Morgan fingerprint density at radius 3 is 2.50 bits per heavy atom. The molecule has 2 heterocycles. The molecule has 0 saturated carbocycles. The van der Waals surface area contributed by atoms with Crippen molar-refractivity contribution in [2.45, 2.75) is 12.8 Å². The van der Waals surface area contributed by atoms with Gasteiger partial charge in [0.25, 0.3) is 0 Å². The second kappa shape index (κ2) is 9.83. The molecule has 1 unspecified atom stereocenters. The van der Waals surface area contributed by atoms with Crippen molar-refractivity contribution in [3.8, 4) is 28.0 Å². The highest BCUT2D eigenvalue weighted by molar-refractivity contribution is 5.98. The van der Waals surface area contributed by atoms with Crippen LogP contribution >= 0.6 is 0 Å². The van der Waals surface area contributed by atoms with Crippen LogP contribution in [0.2, 0.25) is 0 Å². The van der Waals surface area contributed by atoms with Gasteiger partial charge in [0, 0.05) is 47.8 Å². The number of aliphatic hydroxyl groups is 1. The lowest BCUT2D eigenvalue weighted by molar-refractivity contribution is 0.137. The van der Waals surface area contributed by atoms with Gasteiger partial charge in [-0.05, 0) is 51.9 Å². The summed E-state index contributed by atoms with van der Waals surface area (Å²) in [7, 11) is 1.67. The standard InChI is InChI=1S/C29H25N3O2/c1-34-25-9-5-8-21(15-25)26-11-10-22(28-19-30-13-12-27(26)28)18-32-29(33)24-14-23(16-31-17-24)20-6-3-2-4-7-20/h2-17,19,29,32-33H,18H2,1H3. The van der Waals surface area contributed by atoms with Gasteiger partial charge in [0.2, 0.25) is 0 Å². The number of nitrogens with zero attached hydrogens (tertiary/aromatic N) is 2. The van der Waals surface area contributed by atoms with E-state index in [1.165, 1.54) is 0 Å². The minimum Gasteiger partial charge on any atom is -0.497 e. The summed E-state index contributed by atoms with van der Waals surface area (Å²) in [6.45, 7) is 0.483. The summed E-state index contributed by atoms with van der Waals surface area (Å²) in [4.78, 5) is 8.67. The minimum absolute atomic E-state index is 0.483. The number of rotatable bonds is 7. The number of hydrogen-bond acceptors (Lipinski definition) is 5. The molecule has 0 aliphatic heterocycles. The molecule has 1 atom stereocenters. The van der Waals surface area contributed by atoms with Gasteiger partial charge in [0.15, 0.2) is 0 Å². The number of hydrogen-bond donors (Lipinski definition) is 2. The Balaban J connectivity index is 1.40. The number of pyridine rings is 2. The second-order valence-corrected chi connectivity index (χ2v) is 8.08. The average molecular weight is 448 g/mol. The molecule has 5 nitrogen and oxygen atoms in total. The van der Waals surface area contributed by atoms with Crippen LogP contribution in [0.5, 0.6) is 5.75 Å². The van der Waals surface area contributed by atoms with Crippen molar-refractivity contribution in [3.05, 3.63) is 115 Å². The number of aromatic nitrogens is 2. The van der Waals surface area contributed by atoms with Crippen LogP contribution < -0.4 is 10.1 Å². The zero-order valence-corrected chi connectivity index (χ0v) is 18.8. The molecule has 0 spiro atoms. The third-order valence-electron chi connectivity index (χ3n) is 5.96. The van der Waals surface area contributed by atoms with Crippen LogP contribution in [0.25, 0.3) is 33.0 Å².